The highest BCUT2D eigenvalue weighted by Gasteiger charge is 2.31. The van der Waals surface area contributed by atoms with Gasteiger partial charge in [-0.1, -0.05) is 42.5 Å². The van der Waals surface area contributed by atoms with Gasteiger partial charge in [-0.2, -0.15) is 0 Å². The van der Waals surface area contributed by atoms with E-state index >= 15 is 0 Å². The Morgan fingerprint density at radius 3 is 2.79 bits per heavy atom. The Hall–Kier alpha value is -1.61. The van der Waals surface area contributed by atoms with Crippen LogP contribution in [0.5, 0.6) is 0 Å². The van der Waals surface area contributed by atoms with Crippen molar-refractivity contribution in [3.8, 4) is 0 Å². The molecule has 1 aromatic carbocycles. The fourth-order valence-corrected chi connectivity index (χ4v) is 2.51. The van der Waals surface area contributed by atoms with E-state index in [-0.39, 0.29) is 18.1 Å². The molecule has 0 saturated carbocycles. The molecule has 0 unspecified atom stereocenters. The van der Waals surface area contributed by atoms with Crippen molar-refractivity contribution < 1.29 is 9.53 Å². The fourth-order valence-electron chi connectivity index (χ4n) is 2.51. The van der Waals surface area contributed by atoms with Crippen molar-refractivity contribution in [1.82, 2.24) is 4.90 Å². The Labute approximate surface area is 114 Å². The van der Waals surface area contributed by atoms with Crippen LogP contribution in [0.2, 0.25) is 0 Å². The Morgan fingerprint density at radius 2 is 2.11 bits per heavy atom. The molecule has 1 aliphatic heterocycles. The van der Waals surface area contributed by atoms with E-state index in [1.165, 1.54) is 5.56 Å². The molecule has 1 aromatic rings. The minimum Gasteiger partial charge on any atom is -0.465 e. The number of nitrogens with zero attached hydrogens (tertiary/aromatic N) is 1. The third-order valence-electron chi connectivity index (χ3n) is 3.58. The molecule has 0 fully saturated rings. The average molecular weight is 259 g/mol. The highest BCUT2D eigenvalue weighted by molar-refractivity contribution is 5.76. The molecule has 1 heterocycles. The van der Waals surface area contributed by atoms with Crippen LogP contribution in [0.15, 0.2) is 42.5 Å². The van der Waals surface area contributed by atoms with Crippen LogP contribution in [0.25, 0.3) is 0 Å². The summed E-state index contributed by atoms with van der Waals surface area (Å²) in [5.41, 5.74) is 1.23. The van der Waals surface area contributed by atoms with Crippen molar-refractivity contribution >= 4 is 5.97 Å². The van der Waals surface area contributed by atoms with E-state index in [9.17, 15) is 4.79 Å². The number of carbonyl (C=O) groups is 1. The molecule has 1 aliphatic rings. The lowest BCUT2D eigenvalue weighted by molar-refractivity contribution is -0.150. The molecule has 0 amide bonds. The average Bonchev–Trinajstić information content (AvgIpc) is 2.47. The van der Waals surface area contributed by atoms with Gasteiger partial charge < -0.3 is 4.74 Å². The van der Waals surface area contributed by atoms with Gasteiger partial charge in [-0.3, -0.25) is 9.69 Å². The van der Waals surface area contributed by atoms with Crippen molar-refractivity contribution in [1.29, 1.82) is 0 Å². The lowest BCUT2D eigenvalue weighted by Crippen LogP contribution is -2.45. The number of rotatable bonds is 4. The summed E-state index contributed by atoms with van der Waals surface area (Å²) in [5.74, 6) is -0.116. The smallest absolute Gasteiger partial charge is 0.323 e. The Balaban J connectivity index is 2.16. The van der Waals surface area contributed by atoms with Gasteiger partial charge in [-0.15, -0.1) is 0 Å². The predicted molar refractivity (Wildman–Crippen MR) is 75.7 cm³/mol. The highest BCUT2D eigenvalue weighted by atomic mass is 16.5. The monoisotopic (exact) mass is 259 g/mol. The Bertz CT molecular complexity index is 441. The summed E-state index contributed by atoms with van der Waals surface area (Å²) in [6, 6.07) is 10.3. The topological polar surface area (TPSA) is 29.5 Å². The molecule has 0 spiro atoms. The summed E-state index contributed by atoms with van der Waals surface area (Å²) >= 11 is 0. The first-order valence-corrected chi connectivity index (χ1v) is 6.86. The summed E-state index contributed by atoms with van der Waals surface area (Å²) in [4.78, 5) is 14.2. The largest absolute Gasteiger partial charge is 0.465 e. The van der Waals surface area contributed by atoms with Gasteiger partial charge in [0.25, 0.3) is 0 Å². The van der Waals surface area contributed by atoms with Crippen LogP contribution in [0.4, 0.5) is 0 Å². The van der Waals surface area contributed by atoms with E-state index < -0.39 is 0 Å². The molecule has 0 N–H and O–H groups in total. The van der Waals surface area contributed by atoms with Crippen LogP contribution in [0, 0.1) is 0 Å². The highest BCUT2D eigenvalue weighted by Crippen LogP contribution is 2.26. The molecule has 0 bridgehead atoms. The van der Waals surface area contributed by atoms with E-state index in [0.717, 1.165) is 13.0 Å². The van der Waals surface area contributed by atoms with Crippen LogP contribution >= 0.6 is 0 Å². The number of hydrogen-bond donors (Lipinski definition) is 0. The zero-order valence-electron chi connectivity index (χ0n) is 11.6. The van der Waals surface area contributed by atoms with E-state index in [0.29, 0.717) is 6.61 Å². The second-order valence-electron chi connectivity index (χ2n) is 4.76. The van der Waals surface area contributed by atoms with Gasteiger partial charge in [0.05, 0.1) is 6.61 Å². The summed E-state index contributed by atoms with van der Waals surface area (Å²) in [5, 5.41) is 0. The maximum absolute atomic E-state index is 12.0. The van der Waals surface area contributed by atoms with Gasteiger partial charge in [-0.25, -0.2) is 0 Å². The quantitative estimate of drug-likeness (QED) is 0.615. The van der Waals surface area contributed by atoms with Crippen LogP contribution in [0.1, 0.15) is 31.9 Å². The van der Waals surface area contributed by atoms with Crippen molar-refractivity contribution in [2.75, 3.05) is 13.2 Å². The van der Waals surface area contributed by atoms with Crippen LogP contribution in [-0.2, 0) is 9.53 Å². The maximum atomic E-state index is 12.0. The first-order valence-electron chi connectivity index (χ1n) is 6.86. The molecule has 0 radical (unpaired) electrons. The molecule has 102 valence electrons. The van der Waals surface area contributed by atoms with Gasteiger partial charge in [0, 0.05) is 12.6 Å². The number of esters is 1. The van der Waals surface area contributed by atoms with Crippen molar-refractivity contribution in [3.05, 3.63) is 48.0 Å². The van der Waals surface area contributed by atoms with Crippen LogP contribution in [0.3, 0.4) is 0 Å². The molecular weight excluding hydrogens is 238 g/mol. The third kappa shape index (κ3) is 3.24. The second-order valence-corrected chi connectivity index (χ2v) is 4.76. The minimum atomic E-state index is -0.167. The molecule has 2 rings (SSSR count). The minimum absolute atomic E-state index is 0.116. The Morgan fingerprint density at radius 1 is 1.37 bits per heavy atom. The van der Waals surface area contributed by atoms with Gasteiger partial charge in [0.2, 0.25) is 0 Å². The zero-order chi connectivity index (χ0) is 13.7. The first-order chi connectivity index (χ1) is 9.24. The number of carbonyl (C=O) groups excluding carboxylic acids is 1. The lowest BCUT2D eigenvalue weighted by atomic mass is 10.0. The number of ether oxygens (including phenoxy) is 1. The predicted octanol–water partition coefficient (Wildman–Crippen LogP) is 2.94. The van der Waals surface area contributed by atoms with Gasteiger partial charge in [0.15, 0.2) is 0 Å². The molecule has 0 saturated heterocycles. The van der Waals surface area contributed by atoms with E-state index in [1.807, 2.05) is 25.1 Å². The molecule has 2 atom stereocenters. The molecule has 0 aromatic heterocycles. The maximum Gasteiger partial charge on any atom is 0.323 e. The summed E-state index contributed by atoms with van der Waals surface area (Å²) in [7, 11) is 0. The van der Waals surface area contributed by atoms with Gasteiger partial charge >= 0.3 is 5.97 Å². The van der Waals surface area contributed by atoms with Crippen molar-refractivity contribution in [3.63, 3.8) is 0 Å². The summed E-state index contributed by atoms with van der Waals surface area (Å²) in [6.07, 6.45) is 4.92. The molecule has 3 nitrogen and oxygen atoms in total. The summed E-state index contributed by atoms with van der Waals surface area (Å²) < 4.78 is 5.18. The fraction of sp³-hybridized carbons (Fsp3) is 0.438. The van der Waals surface area contributed by atoms with Crippen LogP contribution in [-0.4, -0.2) is 30.1 Å². The van der Waals surface area contributed by atoms with E-state index in [4.69, 9.17) is 4.74 Å². The number of benzene rings is 1. The van der Waals surface area contributed by atoms with E-state index in [2.05, 4.69) is 36.1 Å². The Kier molecular flexibility index (Phi) is 4.74. The molecular formula is C16H21NO2. The summed E-state index contributed by atoms with van der Waals surface area (Å²) in [6.45, 7) is 5.22. The SMILES string of the molecule is CCOC(=O)[C@@H]1CC=CCN1[C@@H](C)c1ccccc1. The van der Waals surface area contributed by atoms with Crippen LogP contribution < -0.4 is 0 Å². The second kappa shape index (κ2) is 6.53. The first kappa shape index (κ1) is 13.8. The van der Waals surface area contributed by atoms with Gasteiger partial charge in [0.1, 0.15) is 6.04 Å². The van der Waals surface area contributed by atoms with Crippen molar-refractivity contribution in [2.45, 2.75) is 32.4 Å². The molecule has 0 aliphatic carbocycles. The molecule has 3 heteroatoms. The zero-order valence-corrected chi connectivity index (χ0v) is 11.6. The normalized spacial score (nSPS) is 21.1. The lowest BCUT2D eigenvalue weighted by Gasteiger charge is -2.36. The van der Waals surface area contributed by atoms with Gasteiger partial charge in [-0.05, 0) is 25.8 Å². The van der Waals surface area contributed by atoms with E-state index in [1.54, 1.807) is 0 Å². The standard InChI is InChI=1S/C16H21NO2/c1-3-19-16(18)15-11-7-8-12-17(15)13(2)14-9-5-4-6-10-14/h4-10,13,15H,3,11-12H2,1-2H3/t13-,15-/m0/s1. The number of hydrogen-bond acceptors (Lipinski definition) is 3. The van der Waals surface area contributed by atoms with Crippen molar-refractivity contribution in [2.24, 2.45) is 0 Å². The molecule has 19 heavy (non-hydrogen) atoms. The third-order valence-corrected chi connectivity index (χ3v) is 3.58.